The molecule has 9 heteroatoms. The second kappa shape index (κ2) is 15.4. The van der Waals surface area contributed by atoms with Gasteiger partial charge in [0.1, 0.15) is 6.04 Å². The molecule has 1 fully saturated rings. The summed E-state index contributed by atoms with van der Waals surface area (Å²) in [5.74, 6) is -0.958. The van der Waals surface area contributed by atoms with Gasteiger partial charge in [-0.3, -0.25) is 4.79 Å². The number of morpholine rings is 1. The number of para-hydroxylation sites is 1. The van der Waals surface area contributed by atoms with Gasteiger partial charge in [0, 0.05) is 29.2 Å². The highest BCUT2D eigenvalue weighted by atomic mass is 79.9. The Balaban J connectivity index is 1.30. The van der Waals surface area contributed by atoms with Crippen LogP contribution in [0.4, 0.5) is 10.5 Å². The number of ether oxygens (including phenoxy) is 1. The summed E-state index contributed by atoms with van der Waals surface area (Å²) in [6.45, 7) is 1.45. The van der Waals surface area contributed by atoms with Gasteiger partial charge in [-0.25, -0.2) is 4.79 Å². The third-order valence-corrected chi connectivity index (χ3v) is 9.03. The Morgan fingerprint density at radius 2 is 1.48 bits per heavy atom. The van der Waals surface area contributed by atoms with E-state index < -0.39 is 24.0 Å². The average molecular weight is 675 g/mol. The van der Waals surface area contributed by atoms with Crippen molar-refractivity contribution in [2.75, 3.05) is 18.4 Å². The lowest BCUT2D eigenvalue weighted by Gasteiger charge is -2.34. The molecule has 0 aliphatic carbocycles. The van der Waals surface area contributed by atoms with Gasteiger partial charge in [-0.05, 0) is 53.3 Å². The Hall–Kier alpha value is -3.63. The molecule has 1 aliphatic heterocycles. The number of thiol groups is 1. The van der Waals surface area contributed by atoms with Gasteiger partial charge in [0.25, 0.3) is 0 Å². The Kier molecular flexibility index (Phi) is 11.1. The van der Waals surface area contributed by atoms with E-state index in [0.29, 0.717) is 12.1 Å². The van der Waals surface area contributed by atoms with Gasteiger partial charge in [-0.1, -0.05) is 107 Å². The van der Waals surface area contributed by atoms with E-state index >= 15 is 0 Å². The number of nitrogens with one attached hydrogen (secondary N) is 3. The summed E-state index contributed by atoms with van der Waals surface area (Å²) in [5.41, 5.74) is 4.38. The average Bonchev–Trinajstić information content (AvgIpc) is 3.05. The van der Waals surface area contributed by atoms with E-state index in [1.165, 1.54) is 0 Å². The molecule has 4 N–H and O–H groups in total. The van der Waals surface area contributed by atoms with E-state index in [1.54, 1.807) is 0 Å². The zero-order valence-corrected chi connectivity index (χ0v) is 26.6. The fraction of sp³-hybridized carbons (Fsp3) is 0.257. The van der Waals surface area contributed by atoms with Gasteiger partial charge in [0.05, 0.1) is 17.5 Å². The van der Waals surface area contributed by atoms with Gasteiger partial charge in [0.15, 0.2) is 0 Å². The molecule has 0 saturated carbocycles. The standard InChI is InChI=1S/C35H36BrN3O4S/c36-27-18-15-26(16-19-27)33(44)30-22-37-21-28(43-30)20-17-23-9-7-8-14-29(23)38-34(40)32(39-35(41)42)31(24-10-3-1-4-11-24)25-12-5-2-6-13-25/h1-16,18-19,28,30-33,37,39,44H,17,20-22H2,(H,38,40)(H,41,42)/t28-,30+,32+,33?/m1/s1. The maximum absolute atomic E-state index is 13.9. The van der Waals surface area contributed by atoms with Gasteiger partial charge in [0.2, 0.25) is 5.91 Å². The number of carboxylic acid groups (broad SMARTS) is 1. The molecule has 4 atom stereocenters. The molecular formula is C35H36BrN3O4S. The molecule has 1 saturated heterocycles. The van der Waals surface area contributed by atoms with Gasteiger partial charge < -0.3 is 25.8 Å². The Bertz CT molecular complexity index is 1480. The van der Waals surface area contributed by atoms with Crippen molar-refractivity contribution in [3.63, 3.8) is 0 Å². The molecule has 0 radical (unpaired) electrons. The molecule has 0 aromatic heterocycles. The highest BCUT2D eigenvalue weighted by molar-refractivity contribution is 9.10. The number of aryl methyl sites for hydroxylation is 1. The number of amides is 2. The first-order chi connectivity index (χ1) is 21.4. The molecule has 4 aromatic rings. The molecule has 44 heavy (non-hydrogen) atoms. The first-order valence-corrected chi connectivity index (χ1v) is 16.0. The van der Waals surface area contributed by atoms with Crippen LogP contribution in [0.2, 0.25) is 0 Å². The monoisotopic (exact) mass is 673 g/mol. The SMILES string of the molecule is O=C(O)N[C@H](C(=O)Nc1ccccc1CC[C@@H]1CNC[C@@H](C(S)c2ccc(Br)cc2)O1)C(c1ccccc1)c1ccccc1. The summed E-state index contributed by atoms with van der Waals surface area (Å²) in [5, 5.41) is 18.7. The second-order valence-corrected chi connectivity index (χ2v) is 12.3. The van der Waals surface area contributed by atoms with E-state index in [4.69, 9.17) is 17.4 Å². The Morgan fingerprint density at radius 1 is 0.864 bits per heavy atom. The fourth-order valence-corrected chi connectivity index (χ4v) is 6.29. The van der Waals surface area contributed by atoms with Crippen LogP contribution in [-0.4, -0.2) is 48.4 Å². The summed E-state index contributed by atoms with van der Waals surface area (Å²) in [6.07, 6.45) is 0.0408. The second-order valence-electron chi connectivity index (χ2n) is 10.9. The number of halogens is 1. The molecule has 0 spiro atoms. The predicted octanol–water partition coefficient (Wildman–Crippen LogP) is 6.82. The summed E-state index contributed by atoms with van der Waals surface area (Å²) >= 11 is 8.35. The first-order valence-electron chi connectivity index (χ1n) is 14.7. The topological polar surface area (TPSA) is 99.7 Å². The van der Waals surface area contributed by atoms with Crippen LogP contribution in [0.3, 0.4) is 0 Å². The van der Waals surface area contributed by atoms with Crippen molar-refractivity contribution in [2.24, 2.45) is 0 Å². The van der Waals surface area contributed by atoms with E-state index in [1.807, 2.05) is 97.1 Å². The summed E-state index contributed by atoms with van der Waals surface area (Å²) in [6, 6.07) is 33.7. The minimum Gasteiger partial charge on any atom is -0.465 e. The third kappa shape index (κ3) is 8.30. The number of carbonyl (C=O) groups is 2. The molecule has 4 aromatic carbocycles. The largest absolute Gasteiger partial charge is 0.465 e. The van der Waals surface area contributed by atoms with Crippen molar-refractivity contribution in [3.8, 4) is 0 Å². The predicted molar refractivity (Wildman–Crippen MR) is 180 cm³/mol. The minimum atomic E-state index is -1.27. The molecule has 7 nitrogen and oxygen atoms in total. The van der Waals surface area contributed by atoms with Gasteiger partial charge in [-0.2, -0.15) is 12.6 Å². The fourth-order valence-electron chi connectivity index (χ4n) is 5.68. The third-order valence-electron chi connectivity index (χ3n) is 7.87. The maximum atomic E-state index is 13.9. The van der Waals surface area contributed by atoms with Crippen LogP contribution in [0.25, 0.3) is 0 Å². The number of hydrogen-bond donors (Lipinski definition) is 5. The lowest BCUT2D eigenvalue weighted by atomic mass is 9.84. The van der Waals surface area contributed by atoms with Crippen LogP contribution >= 0.6 is 28.6 Å². The van der Waals surface area contributed by atoms with Crippen LogP contribution in [0, 0.1) is 0 Å². The van der Waals surface area contributed by atoms with Crippen molar-refractivity contribution >= 4 is 46.2 Å². The van der Waals surface area contributed by atoms with E-state index in [-0.39, 0.29) is 17.5 Å². The highest BCUT2D eigenvalue weighted by Crippen LogP contribution is 2.31. The molecule has 5 rings (SSSR count). The lowest BCUT2D eigenvalue weighted by Crippen LogP contribution is -2.47. The first kappa shape index (κ1) is 31.8. The van der Waals surface area contributed by atoms with Crippen LogP contribution in [0.5, 0.6) is 0 Å². The zero-order chi connectivity index (χ0) is 30.9. The van der Waals surface area contributed by atoms with Crippen LogP contribution < -0.4 is 16.0 Å². The summed E-state index contributed by atoms with van der Waals surface area (Å²) in [4.78, 5) is 25.8. The zero-order valence-electron chi connectivity index (χ0n) is 24.1. The van der Waals surface area contributed by atoms with E-state index in [2.05, 4.69) is 44.0 Å². The molecule has 2 amide bonds. The number of carbonyl (C=O) groups excluding carboxylic acids is 1. The maximum Gasteiger partial charge on any atom is 0.405 e. The molecule has 1 unspecified atom stereocenters. The Morgan fingerprint density at radius 3 is 2.11 bits per heavy atom. The smallest absolute Gasteiger partial charge is 0.405 e. The number of anilines is 1. The minimum absolute atomic E-state index is 0.0235. The molecule has 1 aliphatic rings. The molecule has 228 valence electrons. The van der Waals surface area contributed by atoms with Crippen molar-refractivity contribution < 1.29 is 19.4 Å². The quantitative estimate of drug-likeness (QED) is 0.113. The molecular weight excluding hydrogens is 638 g/mol. The molecule has 0 bridgehead atoms. The number of benzene rings is 4. The van der Waals surface area contributed by atoms with E-state index in [0.717, 1.165) is 46.2 Å². The van der Waals surface area contributed by atoms with Crippen molar-refractivity contribution in [3.05, 3.63) is 136 Å². The summed E-state index contributed by atoms with van der Waals surface area (Å²) < 4.78 is 7.50. The van der Waals surface area contributed by atoms with Crippen molar-refractivity contribution in [1.82, 2.24) is 10.6 Å². The highest BCUT2D eigenvalue weighted by Gasteiger charge is 2.33. The Labute approximate surface area is 272 Å². The van der Waals surface area contributed by atoms with Crippen molar-refractivity contribution in [2.45, 2.75) is 42.3 Å². The number of hydrogen-bond acceptors (Lipinski definition) is 5. The van der Waals surface area contributed by atoms with Gasteiger partial charge >= 0.3 is 6.09 Å². The van der Waals surface area contributed by atoms with Gasteiger partial charge in [-0.15, -0.1) is 0 Å². The van der Waals surface area contributed by atoms with Crippen LogP contribution in [0.1, 0.15) is 39.8 Å². The van der Waals surface area contributed by atoms with Crippen LogP contribution in [-0.2, 0) is 16.0 Å². The van der Waals surface area contributed by atoms with Crippen LogP contribution in [0.15, 0.2) is 114 Å². The lowest BCUT2D eigenvalue weighted by molar-refractivity contribution is -0.118. The summed E-state index contributed by atoms with van der Waals surface area (Å²) in [7, 11) is 0. The molecule has 1 heterocycles. The van der Waals surface area contributed by atoms with E-state index in [9.17, 15) is 14.7 Å². The normalized spacial score (nSPS) is 17.9. The van der Waals surface area contributed by atoms with Crippen molar-refractivity contribution in [1.29, 1.82) is 0 Å². The number of rotatable bonds is 11.